The molecular formula is C16H25NO4. The Balaban J connectivity index is 2.15. The van der Waals surface area contributed by atoms with Crippen LogP contribution in [0.3, 0.4) is 0 Å². The van der Waals surface area contributed by atoms with Crippen LogP contribution in [0.5, 0.6) is 11.5 Å². The fourth-order valence-corrected chi connectivity index (χ4v) is 1.69. The van der Waals surface area contributed by atoms with Crippen molar-refractivity contribution < 1.29 is 19.3 Å². The van der Waals surface area contributed by atoms with Gasteiger partial charge in [0.2, 0.25) is 0 Å². The highest BCUT2D eigenvalue weighted by molar-refractivity contribution is 5.39. The number of aliphatic hydroxyl groups is 1. The van der Waals surface area contributed by atoms with Gasteiger partial charge in [0.1, 0.15) is 6.61 Å². The number of aliphatic hydroxyl groups excluding tert-OH is 1. The molecule has 5 nitrogen and oxygen atoms in total. The smallest absolute Gasteiger partial charge is 0.161 e. The van der Waals surface area contributed by atoms with E-state index >= 15 is 0 Å². The van der Waals surface area contributed by atoms with Crippen molar-refractivity contribution in [1.29, 1.82) is 0 Å². The van der Waals surface area contributed by atoms with Crippen LogP contribution in [0.1, 0.15) is 6.92 Å². The molecule has 0 aromatic heterocycles. The van der Waals surface area contributed by atoms with Gasteiger partial charge in [-0.2, -0.15) is 0 Å². The van der Waals surface area contributed by atoms with Gasteiger partial charge < -0.3 is 24.6 Å². The average molecular weight is 295 g/mol. The Hall–Kier alpha value is -1.56. The van der Waals surface area contributed by atoms with Crippen molar-refractivity contribution in [3.05, 3.63) is 36.9 Å². The minimum absolute atomic E-state index is 0.299. The predicted molar refractivity (Wildman–Crippen MR) is 83.0 cm³/mol. The molecule has 0 saturated heterocycles. The normalized spacial score (nSPS) is 11.9. The van der Waals surface area contributed by atoms with Crippen molar-refractivity contribution in [1.82, 2.24) is 5.32 Å². The highest BCUT2D eigenvalue weighted by Gasteiger charge is 2.04. The van der Waals surface area contributed by atoms with Gasteiger partial charge in [-0.15, -0.1) is 6.58 Å². The molecule has 1 atom stereocenters. The van der Waals surface area contributed by atoms with Crippen LogP contribution < -0.4 is 14.8 Å². The molecule has 0 aliphatic rings. The summed E-state index contributed by atoms with van der Waals surface area (Å²) in [6, 6.07) is 7.58. The lowest BCUT2D eigenvalue weighted by atomic mass is 10.3. The molecule has 0 fully saturated rings. The van der Waals surface area contributed by atoms with Crippen LogP contribution in [-0.4, -0.2) is 50.7 Å². The van der Waals surface area contributed by atoms with Gasteiger partial charge in [-0.1, -0.05) is 18.2 Å². The van der Waals surface area contributed by atoms with Gasteiger partial charge in [-0.3, -0.25) is 0 Å². The van der Waals surface area contributed by atoms with E-state index in [4.69, 9.17) is 14.2 Å². The number of para-hydroxylation sites is 2. The van der Waals surface area contributed by atoms with Gasteiger partial charge >= 0.3 is 0 Å². The first-order valence-electron chi connectivity index (χ1n) is 7.20. The maximum Gasteiger partial charge on any atom is 0.161 e. The average Bonchev–Trinajstić information content (AvgIpc) is 2.49. The third-order valence-corrected chi connectivity index (χ3v) is 2.61. The second-order valence-corrected chi connectivity index (χ2v) is 4.41. The van der Waals surface area contributed by atoms with Gasteiger partial charge in [0, 0.05) is 13.1 Å². The minimum Gasteiger partial charge on any atom is -0.490 e. The summed E-state index contributed by atoms with van der Waals surface area (Å²) in [6.07, 6.45) is 1.13. The summed E-state index contributed by atoms with van der Waals surface area (Å²) in [7, 11) is 0. The lowest BCUT2D eigenvalue weighted by molar-refractivity contribution is 0.0491. The van der Waals surface area contributed by atoms with Crippen molar-refractivity contribution >= 4 is 0 Å². The standard InChI is InChI=1S/C16H25NO4/c1-3-10-19-13-14(18)12-17-9-11-21-16-8-6-5-7-15(16)20-4-2/h3,5-8,14,17-18H,1,4,9-13H2,2H3/t14-/m0/s1. The molecule has 21 heavy (non-hydrogen) atoms. The van der Waals surface area contributed by atoms with Crippen molar-refractivity contribution in [2.24, 2.45) is 0 Å². The topological polar surface area (TPSA) is 60.0 Å². The van der Waals surface area contributed by atoms with E-state index in [0.29, 0.717) is 39.5 Å². The number of nitrogens with one attached hydrogen (secondary N) is 1. The molecule has 118 valence electrons. The van der Waals surface area contributed by atoms with Crippen LogP contribution in [0, 0.1) is 0 Å². The zero-order valence-electron chi connectivity index (χ0n) is 12.6. The first-order valence-corrected chi connectivity index (χ1v) is 7.20. The van der Waals surface area contributed by atoms with Crippen LogP contribution in [-0.2, 0) is 4.74 Å². The van der Waals surface area contributed by atoms with Crippen LogP contribution in [0.4, 0.5) is 0 Å². The Morgan fingerprint density at radius 3 is 2.67 bits per heavy atom. The minimum atomic E-state index is -0.527. The molecule has 0 saturated carbocycles. The summed E-state index contributed by atoms with van der Waals surface area (Å²) >= 11 is 0. The summed E-state index contributed by atoms with van der Waals surface area (Å²) in [6.45, 7) is 8.45. The summed E-state index contributed by atoms with van der Waals surface area (Å²) in [5, 5.41) is 12.7. The SMILES string of the molecule is C=CCOC[C@@H](O)CNCCOc1ccccc1OCC. The highest BCUT2D eigenvalue weighted by Crippen LogP contribution is 2.25. The number of hydrogen-bond donors (Lipinski definition) is 2. The third kappa shape index (κ3) is 7.70. The van der Waals surface area contributed by atoms with E-state index in [1.165, 1.54) is 0 Å². The van der Waals surface area contributed by atoms with E-state index in [0.717, 1.165) is 11.5 Å². The molecule has 0 heterocycles. The monoisotopic (exact) mass is 295 g/mol. The summed E-state index contributed by atoms with van der Waals surface area (Å²) in [5.74, 6) is 1.48. The highest BCUT2D eigenvalue weighted by atomic mass is 16.5. The Bertz CT molecular complexity index is 398. The Labute approximate surface area is 126 Å². The summed E-state index contributed by atoms with van der Waals surface area (Å²) in [5.41, 5.74) is 0. The van der Waals surface area contributed by atoms with Crippen molar-refractivity contribution in [3.8, 4) is 11.5 Å². The molecule has 0 spiro atoms. The van der Waals surface area contributed by atoms with Gasteiger partial charge in [-0.05, 0) is 19.1 Å². The van der Waals surface area contributed by atoms with Crippen molar-refractivity contribution in [2.75, 3.05) is 39.5 Å². The Morgan fingerprint density at radius 1 is 1.29 bits per heavy atom. The molecule has 5 heteroatoms. The molecule has 0 aliphatic carbocycles. The molecule has 0 amide bonds. The van der Waals surface area contributed by atoms with E-state index in [2.05, 4.69) is 11.9 Å². The number of rotatable bonds is 12. The van der Waals surface area contributed by atoms with Crippen molar-refractivity contribution in [2.45, 2.75) is 13.0 Å². The van der Waals surface area contributed by atoms with E-state index in [9.17, 15) is 5.11 Å². The van der Waals surface area contributed by atoms with Crippen molar-refractivity contribution in [3.63, 3.8) is 0 Å². The van der Waals surface area contributed by atoms with E-state index < -0.39 is 6.10 Å². The lowest BCUT2D eigenvalue weighted by Gasteiger charge is -2.13. The largest absolute Gasteiger partial charge is 0.490 e. The second-order valence-electron chi connectivity index (χ2n) is 4.41. The third-order valence-electron chi connectivity index (χ3n) is 2.61. The van der Waals surface area contributed by atoms with E-state index in [1.54, 1.807) is 6.08 Å². The van der Waals surface area contributed by atoms with Crippen LogP contribution in [0.15, 0.2) is 36.9 Å². The van der Waals surface area contributed by atoms with Crippen LogP contribution in [0.25, 0.3) is 0 Å². The molecule has 0 bridgehead atoms. The number of ether oxygens (including phenoxy) is 3. The van der Waals surface area contributed by atoms with Gasteiger partial charge in [0.25, 0.3) is 0 Å². The molecule has 0 radical (unpaired) electrons. The number of benzene rings is 1. The van der Waals surface area contributed by atoms with Crippen LogP contribution >= 0.6 is 0 Å². The fraction of sp³-hybridized carbons (Fsp3) is 0.500. The van der Waals surface area contributed by atoms with Gasteiger partial charge in [-0.25, -0.2) is 0 Å². The van der Waals surface area contributed by atoms with Gasteiger partial charge in [0.05, 0.1) is 25.9 Å². The first kappa shape index (κ1) is 17.5. The molecule has 0 unspecified atom stereocenters. The van der Waals surface area contributed by atoms with Gasteiger partial charge in [0.15, 0.2) is 11.5 Å². The first-order chi connectivity index (χ1) is 10.3. The zero-order valence-corrected chi connectivity index (χ0v) is 12.6. The molecule has 1 aromatic carbocycles. The molecule has 1 rings (SSSR count). The quantitative estimate of drug-likeness (QED) is 0.453. The maximum atomic E-state index is 9.62. The Kier molecular flexibility index (Phi) is 9.28. The fourth-order valence-electron chi connectivity index (χ4n) is 1.69. The number of hydrogen-bond acceptors (Lipinski definition) is 5. The molecular weight excluding hydrogens is 270 g/mol. The summed E-state index contributed by atoms with van der Waals surface area (Å²) in [4.78, 5) is 0. The maximum absolute atomic E-state index is 9.62. The summed E-state index contributed by atoms with van der Waals surface area (Å²) < 4.78 is 16.3. The zero-order chi connectivity index (χ0) is 15.3. The van der Waals surface area contributed by atoms with E-state index in [1.807, 2.05) is 31.2 Å². The van der Waals surface area contributed by atoms with E-state index in [-0.39, 0.29) is 0 Å². The second kappa shape index (κ2) is 11.1. The molecule has 0 aliphatic heterocycles. The molecule has 2 N–H and O–H groups in total. The molecule has 1 aromatic rings. The van der Waals surface area contributed by atoms with Crippen LogP contribution in [0.2, 0.25) is 0 Å². The predicted octanol–water partition coefficient (Wildman–Crippen LogP) is 1.62. The Morgan fingerprint density at radius 2 is 2.00 bits per heavy atom. The lowest BCUT2D eigenvalue weighted by Crippen LogP contribution is -2.32.